The molecule has 0 radical (unpaired) electrons. The number of halogens is 1. The second-order valence-electron chi connectivity index (χ2n) is 3.22. The van der Waals surface area contributed by atoms with Crippen LogP contribution >= 0.6 is 11.6 Å². The minimum Gasteiger partial charge on any atom is -0.464 e. The Morgan fingerprint density at radius 2 is 2.35 bits per heavy atom. The highest BCUT2D eigenvalue weighted by molar-refractivity contribution is 6.35. The van der Waals surface area contributed by atoms with E-state index in [4.69, 9.17) is 17.3 Å². The number of carbonyl (C=O) groups excluding carboxylic acids is 1. The van der Waals surface area contributed by atoms with Gasteiger partial charge in [-0.25, -0.2) is 9.78 Å². The fourth-order valence-corrected chi connectivity index (χ4v) is 1.49. The van der Waals surface area contributed by atoms with Gasteiger partial charge in [-0.1, -0.05) is 11.6 Å². The second-order valence-corrected chi connectivity index (χ2v) is 3.60. The summed E-state index contributed by atoms with van der Waals surface area (Å²) in [5.74, 6) is -0.636. The minimum atomic E-state index is -0.636. The number of nitrogen functional groups attached to an aromatic ring is 1. The highest BCUT2D eigenvalue weighted by Crippen LogP contribution is 2.27. The molecule has 0 saturated carbocycles. The van der Waals surface area contributed by atoms with Crippen LogP contribution in [0.1, 0.15) is 10.5 Å². The van der Waals surface area contributed by atoms with Gasteiger partial charge in [-0.3, -0.25) is 5.10 Å². The molecule has 0 atom stereocenters. The van der Waals surface area contributed by atoms with Crippen LogP contribution in [0.15, 0.2) is 18.3 Å². The predicted octanol–water partition coefficient (Wildman–Crippen LogP) is 1.49. The lowest BCUT2D eigenvalue weighted by Crippen LogP contribution is -2.08. The van der Waals surface area contributed by atoms with E-state index in [0.717, 1.165) is 0 Å². The molecule has 0 aromatic carbocycles. The maximum Gasteiger partial charge on any atom is 0.358 e. The highest BCUT2D eigenvalue weighted by atomic mass is 35.5. The summed E-state index contributed by atoms with van der Waals surface area (Å²) in [6.45, 7) is 0. The monoisotopic (exact) mass is 252 g/mol. The number of aromatic nitrogens is 3. The summed E-state index contributed by atoms with van der Waals surface area (Å²) in [4.78, 5) is 15.5. The normalized spacial score (nSPS) is 10.2. The van der Waals surface area contributed by atoms with Crippen LogP contribution in [0.4, 0.5) is 5.69 Å². The Balaban J connectivity index is 2.57. The van der Waals surface area contributed by atoms with Crippen molar-refractivity contribution in [2.45, 2.75) is 0 Å². The molecule has 2 rings (SSSR count). The Hall–Kier alpha value is -2.08. The number of carbonyl (C=O) groups is 1. The molecule has 3 N–H and O–H groups in total. The van der Waals surface area contributed by atoms with Crippen LogP contribution in [0.25, 0.3) is 11.4 Å². The number of hydrogen-bond acceptors (Lipinski definition) is 5. The van der Waals surface area contributed by atoms with E-state index in [1.165, 1.54) is 7.11 Å². The summed E-state index contributed by atoms with van der Waals surface area (Å²) >= 11 is 5.89. The molecule has 0 amide bonds. The largest absolute Gasteiger partial charge is 0.464 e. The van der Waals surface area contributed by atoms with Crippen molar-refractivity contribution in [1.82, 2.24) is 15.2 Å². The maximum absolute atomic E-state index is 11.5. The topological polar surface area (TPSA) is 93.9 Å². The van der Waals surface area contributed by atoms with E-state index in [1.807, 2.05) is 0 Å². The van der Waals surface area contributed by atoms with E-state index in [-0.39, 0.29) is 16.4 Å². The van der Waals surface area contributed by atoms with Crippen LogP contribution in [-0.2, 0) is 4.74 Å². The molecule has 0 aliphatic heterocycles. The van der Waals surface area contributed by atoms with E-state index in [0.29, 0.717) is 11.4 Å². The summed E-state index contributed by atoms with van der Waals surface area (Å²) < 4.78 is 4.58. The standard InChI is InChI=1S/C10H9ClN4O2/c1-17-10(16)9-8(11)5(12)4-7(14-9)6-2-3-13-15-6/h2-4H,1H3,(H2,12,14)(H,13,15). The summed E-state index contributed by atoms with van der Waals surface area (Å²) in [6.07, 6.45) is 1.57. The smallest absolute Gasteiger partial charge is 0.358 e. The third-order valence-corrected chi connectivity index (χ3v) is 2.54. The molecule has 0 aliphatic carbocycles. The number of H-pyrrole nitrogens is 1. The number of methoxy groups -OCH3 is 1. The Morgan fingerprint density at radius 1 is 1.59 bits per heavy atom. The molecule has 17 heavy (non-hydrogen) atoms. The molecule has 88 valence electrons. The van der Waals surface area contributed by atoms with Gasteiger partial charge >= 0.3 is 5.97 Å². The number of hydrogen-bond donors (Lipinski definition) is 2. The van der Waals surface area contributed by atoms with Gasteiger partial charge in [0, 0.05) is 6.20 Å². The molecule has 0 saturated heterocycles. The SMILES string of the molecule is COC(=O)c1nc(-c2ccn[nH]2)cc(N)c1Cl. The van der Waals surface area contributed by atoms with Crippen LogP contribution in [0.5, 0.6) is 0 Å². The summed E-state index contributed by atoms with van der Waals surface area (Å²) in [6, 6.07) is 3.26. The fourth-order valence-electron chi connectivity index (χ4n) is 1.32. The van der Waals surface area contributed by atoms with Gasteiger partial charge in [-0.05, 0) is 12.1 Å². The fraction of sp³-hybridized carbons (Fsp3) is 0.100. The minimum absolute atomic E-state index is 0.0150. The zero-order chi connectivity index (χ0) is 12.4. The molecule has 2 heterocycles. The number of nitrogens with two attached hydrogens (primary N) is 1. The second kappa shape index (κ2) is 4.42. The number of aromatic amines is 1. The molecule has 2 aromatic rings. The van der Waals surface area contributed by atoms with E-state index in [2.05, 4.69) is 19.9 Å². The van der Waals surface area contributed by atoms with Crippen LogP contribution in [0.2, 0.25) is 5.02 Å². The number of nitrogens with zero attached hydrogens (tertiary/aromatic N) is 2. The molecule has 0 fully saturated rings. The molecule has 0 spiro atoms. The first-order valence-electron chi connectivity index (χ1n) is 4.67. The Morgan fingerprint density at radius 3 is 2.94 bits per heavy atom. The molecule has 0 bridgehead atoms. The Bertz CT molecular complexity index is 554. The first kappa shape index (κ1) is 11.4. The van der Waals surface area contributed by atoms with E-state index in [1.54, 1.807) is 18.3 Å². The molecular formula is C10H9ClN4O2. The lowest BCUT2D eigenvalue weighted by molar-refractivity contribution is 0.0594. The van der Waals surface area contributed by atoms with Crippen LogP contribution < -0.4 is 5.73 Å². The number of pyridine rings is 1. The molecule has 2 aromatic heterocycles. The lowest BCUT2D eigenvalue weighted by Gasteiger charge is -2.06. The van der Waals surface area contributed by atoms with Gasteiger partial charge in [-0.15, -0.1) is 0 Å². The Labute approximate surface area is 102 Å². The van der Waals surface area contributed by atoms with Gasteiger partial charge in [0.15, 0.2) is 5.69 Å². The van der Waals surface area contributed by atoms with Gasteiger partial charge in [0.25, 0.3) is 0 Å². The van der Waals surface area contributed by atoms with Crippen molar-refractivity contribution in [1.29, 1.82) is 0 Å². The zero-order valence-electron chi connectivity index (χ0n) is 8.90. The third-order valence-electron chi connectivity index (χ3n) is 2.14. The first-order valence-corrected chi connectivity index (χ1v) is 5.05. The molecular weight excluding hydrogens is 244 g/mol. The van der Waals surface area contributed by atoms with Gasteiger partial charge in [0.2, 0.25) is 0 Å². The van der Waals surface area contributed by atoms with Crippen molar-refractivity contribution in [3.63, 3.8) is 0 Å². The number of rotatable bonds is 2. The molecule has 0 unspecified atom stereocenters. The highest BCUT2D eigenvalue weighted by Gasteiger charge is 2.17. The molecule has 6 nitrogen and oxygen atoms in total. The predicted molar refractivity (Wildman–Crippen MR) is 62.6 cm³/mol. The van der Waals surface area contributed by atoms with Crippen LogP contribution in [0, 0.1) is 0 Å². The lowest BCUT2D eigenvalue weighted by atomic mass is 10.2. The van der Waals surface area contributed by atoms with Crippen molar-refractivity contribution in [2.24, 2.45) is 0 Å². The van der Waals surface area contributed by atoms with Gasteiger partial charge in [0.05, 0.1) is 29.2 Å². The molecule has 0 aliphatic rings. The van der Waals surface area contributed by atoms with E-state index < -0.39 is 5.97 Å². The number of esters is 1. The van der Waals surface area contributed by atoms with Gasteiger partial charge in [0.1, 0.15) is 0 Å². The zero-order valence-corrected chi connectivity index (χ0v) is 9.65. The summed E-state index contributed by atoms with van der Waals surface area (Å²) in [5, 5.41) is 6.59. The summed E-state index contributed by atoms with van der Waals surface area (Å²) in [5.41, 5.74) is 7.06. The van der Waals surface area contributed by atoms with Gasteiger partial charge in [-0.2, -0.15) is 5.10 Å². The quantitative estimate of drug-likeness (QED) is 0.790. The van der Waals surface area contributed by atoms with E-state index >= 15 is 0 Å². The maximum atomic E-state index is 11.5. The average molecular weight is 253 g/mol. The van der Waals surface area contributed by atoms with Crippen molar-refractivity contribution >= 4 is 23.3 Å². The van der Waals surface area contributed by atoms with Crippen LogP contribution in [-0.4, -0.2) is 28.3 Å². The molecule has 7 heteroatoms. The first-order chi connectivity index (χ1) is 8.13. The van der Waals surface area contributed by atoms with Crippen molar-refractivity contribution < 1.29 is 9.53 Å². The van der Waals surface area contributed by atoms with Gasteiger partial charge < -0.3 is 10.5 Å². The summed E-state index contributed by atoms with van der Waals surface area (Å²) in [7, 11) is 1.25. The van der Waals surface area contributed by atoms with Crippen LogP contribution in [0.3, 0.4) is 0 Å². The van der Waals surface area contributed by atoms with Crippen molar-refractivity contribution in [3.8, 4) is 11.4 Å². The van der Waals surface area contributed by atoms with Crippen molar-refractivity contribution in [2.75, 3.05) is 12.8 Å². The Kier molecular flexibility index (Phi) is 2.97. The number of ether oxygens (including phenoxy) is 1. The van der Waals surface area contributed by atoms with Crippen molar-refractivity contribution in [3.05, 3.63) is 29.0 Å². The number of nitrogens with one attached hydrogen (secondary N) is 1. The van der Waals surface area contributed by atoms with E-state index in [9.17, 15) is 4.79 Å². The number of anilines is 1. The average Bonchev–Trinajstić information content (AvgIpc) is 2.85. The third kappa shape index (κ3) is 2.07.